The van der Waals surface area contributed by atoms with Crippen molar-refractivity contribution in [2.45, 2.75) is 52.2 Å². The first-order chi connectivity index (χ1) is 10.6. The summed E-state index contributed by atoms with van der Waals surface area (Å²) in [6, 6.07) is 1.13. The van der Waals surface area contributed by atoms with Gasteiger partial charge in [-0.05, 0) is 33.6 Å². The van der Waals surface area contributed by atoms with Crippen molar-refractivity contribution in [3.63, 3.8) is 0 Å². The summed E-state index contributed by atoms with van der Waals surface area (Å²) >= 11 is 0. The van der Waals surface area contributed by atoms with E-state index >= 15 is 0 Å². The second-order valence-electron chi connectivity index (χ2n) is 6.10. The van der Waals surface area contributed by atoms with Crippen molar-refractivity contribution < 1.29 is 0 Å². The molecule has 0 aliphatic carbocycles. The molecule has 22 heavy (non-hydrogen) atoms. The topological polar surface area (TPSA) is 70.4 Å². The Morgan fingerprint density at radius 2 is 2.14 bits per heavy atom. The third-order valence-electron chi connectivity index (χ3n) is 4.13. The Kier molecular flexibility index (Phi) is 6.18. The van der Waals surface area contributed by atoms with E-state index in [4.69, 9.17) is 0 Å². The number of aliphatic imine (C=N–C) groups is 1. The predicted molar refractivity (Wildman–Crippen MR) is 88.7 cm³/mol. The summed E-state index contributed by atoms with van der Waals surface area (Å²) in [5, 5.41) is 14.8. The van der Waals surface area contributed by atoms with E-state index in [0.717, 1.165) is 44.3 Å². The highest BCUT2D eigenvalue weighted by atomic mass is 15.3. The Labute approximate surface area is 133 Å². The molecule has 1 aliphatic heterocycles. The molecule has 0 amide bonds. The quantitative estimate of drug-likeness (QED) is 0.620. The second kappa shape index (κ2) is 8.12. The number of guanidine groups is 1. The van der Waals surface area contributed by atoms with Crippen molar-refractivity contribution in [1.29, 1.82) is 0 Å². The van der Waals surface area contributed by atoms with Gasteiger partial charge in [-0.25, -0.2) is 4.99 Å². The maximum atomic E-state index is 4.62. The van der Waals surface area contributed by atoms with Crippen LogP contribution in [-0.2, 0) is 13.6 Å². The maximum absolute atomic E-state index is 4.62. The van der Waals surface area contributed by atoms with Crippen LogP contribution in [0.2, 0.25) is 0 Å². The average molecular weight is 307 g/mol. The van der Waals surface area contributed by atoms with Crippen molar-refractivity contribution in [1.82, 2.24) is 30.3 Å². The number of nitrogens with zero attached hydrogens (tertiary/aromatic N) is 5. The second-order valence-corrected chi connectivity index (χ2v) is 6.10. The molecule has 124 valence electrons. The summed E-state index contributed by atoms with van der Waals surface area (Å²) in [5.41, 5.74) is 0. The van der Waals surface area contributed by atoms with Crippen LogP contribution in [0.4, 0.5) is 0 Å². The van der Waals surface area contributed by atoms with Crippen LogP contribution < -0.4 is 10.6 Å². The molecule has 0 bridgehead atoms. The number of aromatic nitrogens is 3. The van der Waals surface area contributed by atoms with Gasteiger partial charge in [-0.2, -0.15) is 0 Å². The largest absolute Gasteiger partial charge is 0.357 e. The van der Waals surface area contributed by atoms with Crippen LogP contribution in [0.25, 0.3) is 0 Å². The lowest BCUT2D eigenvalue weighted by Crippen LogP contribution is -2.49. The lowest BCUT2D eigenvalue weighted by molar-refractivity contribution is 0.167. The fourth-order valence-electron chi connectivity index (χ4n) is 2.67. The third-order valence-corrected chi connectivity index (χ3v) is 4.13. The van der Waals surface area contributed by atoms with Crippen LogP contribution in [0.5, 0.6) is 0 Å². The summed E-state index contributed by atoms with van der Waals surface area (Å²) < 4.78 is 1.90. The van der Waals surface area contributed by atoms with Gasteiger partial charge in [0.25, 0.3) is 0 Å². The monoisotopic (exact) mass is 307 g/mol. The van der Waals surface area contributed by atoms with Gasteiger partial charge in [-0.15, -0.1) is 10.2 Å². The number of piperidine rings is 1. The van der Waals surface area contributed by atoms with Crippen LogP contribution in [0.15, 0.2) is 11.3 Å². The molecule has 0 saturated carbocycles. The minimum atomic E-state index is 0.493. The first-order valence-electron chi connectivity index (χ1n) is 8.22. The molecular formula is C15H29N7. The van der Waals surface area contributed by atoms with Crippen molar-refractivity contribution in [2.75, 3.05) is 19.6 Å². The van der Waals surface area contributed by atoms with E-state index < -0.39 is 0 Å². The molecule has 0 radical (unpaired) electrons. The van der Waals surface area contributed by atoms with Gasteiger partial charge in [0.15, 0.2) is 11.8 Å². The van der Waals surface area contributed by atoms with Crippen LogP contribution in [0.1, 0.15) is 39.4 Å². The van der Waals surface area contributed by atoms with E-state index in [1.807, 2.05) is 11.6 Å². The smallest absolute Gasteiger partial charge is 0.191 e. The Morgan fingerprint density at radius 3 is 2.68 bits per heavy atom. The van der Waals surface area contributed by atoms with Gasteiger partial charge < -0.3 is 20.1 Å². The van der Waals surface area contributed by atoms with Gasteiger partial charge in [0.1, 0.15) is 12.9 Å². The zero-order valence-electron chi connectivity index (χ0n) is 14.2. The molecule has 1 aliphatic rings. The van der Waals surface area contributed by atoms with Crippen molar-refractivity contribution in [2.24, 2.45) is 12.0 Å². The zero-order chi connectivity index (χ0) is 15.9. The van der Waals surface area contributed by atoms with Gasteiger partial charge in [0.05, 0.1) is 0 Å². The van der Waals surface area contributed by atoms with E-state index in [0.29, 0.717) is 18.6 Å². The molecule has 1 fully saturated rings. The third kappa shape index (κ3) is 4.69. The molecule has 2 N–H and O–H groups in total. The van der Waals surface area contributed by atoms with Crippen LogP contribution in [0.3, 0.4) is 0 Å². The maximum Gasteiger partial charge on any atom is 0.191 e. The normalized spacial score (nSPS) is 18.0. The Hall–Kier alpha value is -1.63. The molecule has 7 heteroatoms. The average Bonchev–Trinajstić information content (AvgIpc) is 2.91. The van der Waals surface area contributed by atoms with Gasteiger partial charge in [-0.3, -0.25) is 0 Å². The predicted octanol–water partition coefficient (Wildman–Crippen LogP) is 0.743. The Bertz CT molecular complexity index is 472. The van der Waals surface area contributed by atoms with E-state index in [-0.39, 0.29) is 0 Å². The Balaban J connectivity index is 1.88. The lowest BCUT2D eigenvalue weighted by Gasteiger charge is -2.35. The lowest BCUT2D eigenvalue weighted by atomic mass is 10.0. The molecular weight excluding hydrogens is 278 g/mol. The van der Waals surface area contributed by atoms with E-state index in [1.165, 1.54) is 0 Å². The molecule has 2 rings (SSSR count). The van der Waals surface area contributed by atoms with Gasteiger partial charge in [0, 0.05) is 38.8 Å². The fraction of sp³-hybridized carbons (Fsp3) is 0.800. The molecule has 7 nitrogen and oxygen atoms in total. The molecule has 0 atom stereocenters. The fourth-order valence-corrected chi connectivity index (χ4v) is 2.67. The molecule has 0 aromatic carbocycles. The number of rotatable bonds is 5. The van der Waals surface area contributed by atoms with Crippen LogP contribution in [-0.4, -0.2) is 57.3 Å². The van der Waals surface area contributed by atoms with Gasteiger partial charge in [0.2, 0.25) is 0 Å². The van der Waals surface area contributed by atoms with E-state index in [1.54, 1.807) is 6.33 Å². The molecule has 0 unspecified atom stereocenters. The van der Waals surface area contributed by atoms with Crippen LogP contribution >= 0.6 is 0 Å². The summed E-state index contributed by atoms with van der Waals surface area (Å²) in [5.74, 6) is 1.74. The standard InChI is InChI=1S/C15H29N7/c1-5-16-15(17-10-14-20-18-11-21(14)4)19-13-6-8-22(9-7-13)12(2)3/h11-13H,5-10H2,1-4H3,(H2,16,17,19). The number of hydrogen-bond donors (Lipinski definition) is 2. The number of aryl methyl sites for hydroxylation is 1. The molecule has 1 aromatic heterocycles. The highest BCUT2D eigenvalue weighted by Gasteiger charge is 2.21. The van der Waals surface area contributed by atoms with Crippen molar-refractivity contribution in [3.05, 3.63) is 12.2 Å². The minimum absolute atomic E-state index is 0.493. The molecule has 1 aromatic rings. The summed E-state index contributed by atoms with van der Waals surface area (Å²) in [6.07, 6.45) is 4.02. The Morgan fingerprint density at radius 1 is 1.41 bits per heavy atom. The van der Waals surface area contributed by atoms with Gasteiger partial charge >= 0.3 is 0 Å². The summed E-state index contributed by atoms with van der Waals surface area (Å²) in [4.78, 5) is 7.15. The number of likely N-dealkylation sites (tertiary alicyclic amines) is 1. The SMILES string of the molecule is CCNC(=NCc1nncn1C)NC1CCN(C(C)C)CC1. The number of hydrogen-bond acceptors (Lipinski definition) is 4. The molecule has 2 heterocycles. The first-order valence-corrected chi connectivity index (χ1v) is 8.22. The summed E-state index contributed by atoms with van der Waals surface area (Å²) in [7, 11) is 1.94. The van der Waals surface area contributed by atoms with E-state index in [2.05, 4.69) is 51.5 Å². The molecule has 1 saturated heterocycles. The van der Waals surface area contributed by atoms with Crippen LogP contribution in [0, 0.1) is 0 Å². The minimum Gasteiger partial charge on any atom is -0.357 e. The summed E-state index contributed by atoms with van der Waals surface area (Å²) in [6.45, 7) is 10.3. The highest BCUT2D eigenvalue weighted by molar-refractivity contribution is 5.80. The highest BCUT2D eigenvalue weighted by Crippen LogP contribution is 2.12. The first kappa shape index (κ1) is 16.7. The van der Waals surface area contributed by atoms with Crippen molar-refractivity contribution >= 4 is 5.96 Å². The zero-order valence-corrected chi connectivity index (χ0v) is 14.2. The number of nitrogens with one attached hydrogen (secondary N) is 2. The molecule has 0 spiro atoms. The van der Waals surface area contributed by atoms with Gasteiger partial charge in [-0.1, -0.05) is 0 Å². The van der Waals surface area contributed by atoms with Crippen molar-refractivity contribution in [3.8, 4) is 0 Å². The van der Waals surface area contributed by atoms with E-state index in [9.17, 15) is 0 Å².